The van der Waals surface area contributed by atoms with Crippen molar-refractivity contribution in [3.8, 4) is 11.4 Å². The van der Waals surface area contributed by atoms with Crippen LogP contribution in [0.1, 0.15) is 13.3 Å². The molecule has 0 saturated heterocycles. The van der Waals surface area contributed by atoms with Crippen molar-refractivity contribution in [2.45, 2.75) is 13.3 Å². The van der Waals surface area contributed by atoms with Gasteiger partial charge in [-0.05, 0) is 31.2 Å². The number of esters is 1. The summed E-state index contributed by atoms with van der Waals surface area (Å²) in [4.78, 5) is 29.9. The molecule has 1 aromatic heterocycles. The van der Waals surface area contributed by atoms with Gasteiger partial charge in [-0.1, -0.05) is 0 Å². The third kappa shape index (κ3) is 3.68. The number of nitrogens with one attached hydrogen (secondary N) is 2. The molecule has 0 radical (unpaired) electrons. The SMILES string of the molecule is CCOC(=O)CC(=O)Nc1ccc(-c2ncc[nH]2)cc1. The van der Waals surface area contributed by atoms with Gasteiger partial charge in [-0.3, -0.25) is 9.59 Å². The molecule has 0 spiro atoms. The Labute approximate surface area is 116 Å². The quantitative estimate of drug-likeness (QED) is 0.644. The molecule has 6 heteroatoms. The number of rotatable bonds is 5. The molecule has 0 fully saturated rings. The van der Waals surface area contributed by atoms with Crippen molar-refractivity contribution in [1.82, 2.24) is 9.97 Å². The first-order chi connectivity index (χ1) is 9.69. The number of anilines is 1. The van der Waals surface area contributed by atoms with Gasteiger partial charge < -0.3 is 15.0 Å². The van der Waals surface area contributed by atoms with E-state index in [1.54, 1.807) is 31.5 Å². The standard InChI is InChI=1S/C14H15N3O3/c1-2-20-13(19)9-12(18)17-11-5-3-10(4-6-11)14-15-7-8-16-14/h3-8H,2,9H2,1H3,(H,15,16)(H,17,18). The van der Waals surface area contributed by atoms with Crippen LogP contribution in [0.25, 0.3) is 11.4 Å². The van der Waals surface area contributed by atoms with Gasteiger partial charge in [-0.25, -0.2) is 4.98 Å². The van der Waals surface area contributed by atoms with Crippen LogP contribution in [-0.4, -0.2) is 28.5 Å². The van der Waals surface area contributed by atoms with Crippen molar-refractivity contribution in [3.63, 3.8) is 0 Å². The van der Waals surface area contributed by atoms with E-state index in [9.17, 15) is 9.59 Å². The molecule has 0 unspecified atom stereocenters. The molecule has 1 amide bonds. The fourth-order valence-corrected chi connectivity index (χ4v) is 1.68. The topological polar surface area (TPSA) is 84.1 Å². The summed E-state index contributed by atoms with van der Waals surface area (Å²) in [6.07, 6.45) is 3.13. The van der Waals surface area contributed by atoms with E-state index in [-0.39, 0.29) is 13.0 Å². The Hall–Kier alpha value is -2.63. The molecule has 0 aliphatic rings. The zero-order valence-corrected chi connectivity index (χ0v) is 11.1. The van der Waals surface area contributed by atoms with Crippen LogP contribution >= 0.6 is 0 Å². The Morgan fingerprint density at radius 1 is 1.30 bits per heavy atom. The van der Waals surface area contributed by atoms with Gasteiger partial charge in [-0.15, -0.1) is 0 Å². The molecule has 0 atom stereocenters. The molecule has 20 heavy (non-hydrogen) atoms. The number of ether oxygens (including phenoxy) is 1. The largest absolute Gasteiger partial charge is 0.466 e. The van der Waals surface area contributed by atoms with Crippen LogP contribution in [0.5, 0.6) is 0 Å². The van der Waals surface area contributed by atoms with E-state index in [0.29, 0.717) is 5.69 Å². The molecular formula is C14H15N3O3. The maximum Gasteiger partial charge on any atom is 0.315 e. The smallest absolute Gasteiger partial charge is 0.315 e. The van der Waals surface area contributed by atoms with Crippen LogP contribution in [0.3, 0.4) is 0 Å². The summed E-state index contributed by atoms with van der Waals surface area (Å²) in [7, 11) is 0. The fourth-order valence-electron chi connectivity index (χ4n) is 1.68. The number of imidazole rings is 1. The lowest BCUT2D eigenvalue weighted by molar-refractivity contribution is -0.145. The van der Waals surface area contributed by atoms with Crippen LogP contribution in [0, 0.1) is 0 Å². The summed E-state index contributed by atoms with van der Waals surface area (Å²) < 4.78 is 4.71. The number of amides is 1. The number of carbonyl (C=O) groups is 2. The van der Waals surface area contributed by atoms with E-state index in [1.807, 2.05) is 12.1 Å². The van der Waals surface area contributed by atoms with Crippen molar-refractivity contribution in [2.24, 2.45) is 0 Å². The number of H-pyrrole nitrogens is 1. The predicted octanol–water partition coefficient (Wildman–Crippen LogP) is 1.97. The molecule has 1 aromatic carbocycles. The van der Waals surface area contributed by atoms with E-state index in [4.69, 9.17) is 4.74 Å². The molecule has 0 aliphatic heterocycles. The van der Waals surface area contributed by atoms with Crippen LogP contribution in [-0.2, 0) is 14.3 Å². The highest BCUT2D eigenvalue weighted by Crippen LogP contribution is 2.17. The van der Waals surface area contributed by atoms with Crippen LogP contribution < -0.4 is 5.32 Å². The Kier molecular flexibility index (Phi) is 4.49. The summed E-state index contributed by atoms with van der Waals surface area (Å²) >= 11 is 0. The van der Waals surface area contributed by atoms with E-state index in [1.165, 1.54) is 0 Å². The van der Waals surface area contributed by atoms with E-state index in [0.717, 1.165) is 11.4 Å². The van der Waals surface area contributed by atoms with Crippen LogP contribution in [0.15, 0.2) is 36.7 Å². The molecule has 0 saturated carbocycles. The van der Waals surface area contributed by atoms with Gasteiger partial charge >= 0.3 is 5.97 Å². The highest BCUT2D eigenvalue weighted by atomic mass is 16.5. The Morgan fingerprint density at radius 3 is 2.65 bits per heavy atom. The third-order valence-corrected chi connectivity index (χ3v) is 2.55. The van der Waals surface area contributed by atoms with Gasteiger partial charge in [0.2, 0.25) is 5.91 Å². The number of carbonyl (C=O) groups excluding carboxylic acids is 2. The van der Waals surface area contributed by atoms with Gasteiger partial charge in [0, 0.05) is 23.6 Å². The minimum atomic E-state index is -0.530. The highest BCUT2D eigenvalue weighted by Gasteiger charge is 2.10. The average Bonchev–Trinajstić information content (AvgIpc) is 2.93. The monoisotopic (exact) mass is 273 g/mol. The first kappa shape index (κ1) is 13.8. The van der Waals surface area contributed by atoms with Crippen molar-refractivity contribution in [2.75, 3.05) is 11.9 Å². The molecule has 2 rings (SSSR count). The number of aromatic nitrogens is 2. The second-order valence-electron chi connectivity index (χ2n) is 4.05. The first-order valence-corrected chi connectivity index (χ1v) is 6.24. The Balaban J connectivity index is 1.94. The minimum absolute atomic E-state index is 0.268. The zero-order chi connectivity index (χ0) is 14.4. The molecule has 104 valence electrons. The number of nitrogens with zero attached hydrogens (tertiary/aromatic N) is 1. The second-order valence-corrected chi connectivity index (χ2v) is 4.05. The predicted molar refractivity (Wildman–Crippen MR) is 73.9 cm³/mol. The average molecular weight is 273 g/mol. The molecule has 0 bridgehead atoms. The number of hydrogen-bond donors (Lipinski definition) is 2. The molecule has 2 N–H and O–H groups in total. The van der Waals surface area contributed by atoms with Crippen molar-refractivity contribution in [3.05, 3.63) is 36.7 Å². The second kappa shape index (κ2) is 6.51. The third-order valence-electron chi connectivity index (χ3n) is 2.55. The van der Waals surface area contributed by atoms with Gasteiger partial charge in [0.1, 0.15) is 12.2 Å². The Bertz CT molecular complexity index is 576. The van der Waals surface area contributed by atoms with Gasteiger partial charge in [-0.2, -0.15) is 0 Å². The maximum atomic E-state index is 11.6. The van der Waals surface area contributed by atoms with Crippen molar-refractivity contribution in [1.29, 1.82) is 0 Å². The molecule has 2 aromatic rings. The maximum absolute atomic E-state index is 11.6. The lowest BCUT2D eigenvalue weighted by atomic mass is 10.2. The van der Waals surface area contributed by atoms with Gasteiger partial charge in [0.15, 0.2) is 0 Å². The lowest BCUT2D eigenvalue weighted by Gasteiger charge is -2.05. The lowest BCUT2D eigenvalue weighted by Crippen LogP contribution is -2.18. The minimum Gasteiger partial charge on any atom is -0.466 e. The molecule has 6 nitrogen and oxygen atoms in total. The van der Waals surface area contributed by atoms with Crippen molar-refractivity contribution < 1.29 is 14.3 Å². The summed E-state index contributed by atoms with van der Waals surface area (Å²) in [5, 5.41) is 2.63. The number of aromatic amines is 1. The zero-order valence-electron chi connectivity index (χ0n) is 11.1. The van der Waals surface area contributed by atoms with Crippen molar-refractivity contribution >= 4 is 17.6 Å². The van der Waals surface area contributed by atoms with E-state index in [2.05, 4.69) is 15.3 Å². The number of benzene rings is 1. The Morgan fingerprint density at radius 2 is 2.05 bits per heavy atom. The summed E-state index contributed by atoms with van der Waals surface area (Å²) in [5.41, 5.74) is 1.54. The highest BCUT2D eigenvalue weighted by molar-refractivity contribution is 6.01. The van der Waals surface area contributed by atoms with Crippen LogP contribution in [0.2, 0.25) is 0 Å². The normalized spacial score (nSPS) is 10.1. The fraction of sp³-hybridized carbons (Fsp3) is 0.214. The van der Waals surface area contributed by atoms with E-state index < -0.39 is 11.9 Å². The van der Waals surface area contributed by atoms with E-state index >= 15 is 0 Å². The molecule has 0 aliphatic carbocycles. The number of hydrogen-bond acceptors (Lipinski definition) is 4. The molecular weight excluding hydrogens is 258 g/mol. The summed E-state index contributed by atoms with van der Waals surface area (Å²) in [5.74, 6) is -0.166. The summed E-state index contributed by atoms with van der Waals surface area (Å²) in [6, 6.07) is 7.17. The van der Waals surface area contributed by atoms with Gasteiger partial charge in [0.25, 0.3) is 0 Å². The van der Waals surface area contributed by atoms with Gasteiger partial charge in [0.05, 0.1) is 6.61 Å². The molecule has 1 heterocycles. The first-order valence-electron chi connectivity index (χ1n) is 6.24. The summed E-state index contributed by atoms with van der Waals surface area (Å²) in [6.45, 7) is 1.97. The van der Waals surface area contributed by atoms with Crippen LogP contribution in [0.4, 0.5) is 5.69 Å².